The van der Waals surface area contributed by atoms with Gasteiger partial charge in [-0.05, 0) is 18.6 Å². The third-order valence-corrected chi connectivity index (χ3v) is 3.17. The van der Waals surface area contributed by atoms with Gasteiger partial charge in [-0.15, -0.1) is 11.8 Å². The minimum atomic E-state index is -1.20. The Balaban J connectivity index is 2.28. The maximum atomic E-state index is 10.5. The van der Waals surface area contributed by atoms with Crippen LogP contribution in [0, 0.1) is 0 Å². The maximum absolute atomic E-state index is 10.5. The van der Waals surface area contributed by atoms with Crippen molar-refractivity contribution >= 4 is 17.7 Å². The monoisotopic (exact) mass is 241 g/mol. The molecule has 0 bridgehead atoms. The number of carboxylic acid groups (broad SMARTS) is 1. The standard InChI is InChI=1S/C11H15NO3S/c12-10(11(14)15)9(13)6-7-16-8-4-2-1-3-5-8/h1-5,9-10,13H,6-7,12H2,(H,14,15)/t9?,10-/m0/s1. The Labute approximate surface area is 98.5 Å². The van der Waals surface area contributed by atoms with Gasteiger partial charge in [-0.1, -0.05) is 18.2 Å². The van der Waals surface area contributed by atoms with Crippen LogP contribution in [0.15, 0.2) is 35.2 Å². The number of hydrogen-bond acceptors (Lipinski definition) is 4. The molecule has 1 rings (SSSR count). The number of aliphatic carboxylic acids is 1. The van der Waals surface area contributed by atoms with Gasteiger partial charge in [0.15, 0.2) is 0 Å². The lowest BCUT2D eigenvalue weighted by molar-refractivity contribution is -0.141. The molecule has 0 saturated carbocycles. The molecule has 0 aliphatic heterocycles. The van der Waals surface area contributed by atoms with E-state index in [9.17, 15) is 9.90 Å². The summed E-state index contributed by atoms with van der Waals surface area (Å²) in [5, 5.41) is 18.0. The van der Waals surface area contributed by atoms with Crippen molar-refractivity contribution in [2.45, 2.75) is 23.5 Å². The first kappa shape index (κ1) is 13.0. The molecule has 2 atom stereocenters. The fourth-order valence-electron chi connectivity index (χ4n) is 1.16. The minimum Gasteiger partial charge on any atom is -0.480 e. The highest BCUT2D eigenvalue weighted by Crippen LogP contribution is 2.18. The summed E-state index contributed by atoms with van der Waals surface area (Å²) in [6.07, 6.45) is -0.624. The van der Waals surface area contributed by atoms with Crippen molar-refractivity contribution in [1.82, 2.24) is 0 Å². The summed E-state index contributed by atoms with van der Waals surface area (Å²) in [6, 6.07) is 8.53. The van der Waals surface area contributed by atoms with Crippen molar-refractivity contribution in [2.24, 2.45) is 5.73 Å². The summed E-state index contributed by atoms with van der Waals surface area (Å²) in [6.45, 7) is 0. The quantitative estimate of drug-likeness (QED) is 0.646. The van der Waals surface area contributed by atoms with Gasteiger partial charge >= 0.3 is 5.97 Å². The second-order valence-corrected chi connectivity index (χ2v) is 4.55. The fourth-order valence-corrected chi connectivity index (χ4v) is 2.10. The Morgan fingerprint density at radius 1 is 1.38 bits per heavy atom. The molecule has 16 heavy (non-hydrogen) atoms. The van der Waals surface area contributed by atoms with Gasteiger partial charge in [-0.25, -0.2) is 0 Å². The zero-order valence-corrected chi connectivity index (χ0v) is 9.56. The van der Waals surface area contributed by atoms with E-state index in [1.807, 2.05) is 30.3 Å². The number of rotatable bonds is 6. The highest BCUT2D eigenvalue weighted by molar-refractivity contribution is 7.99. The van der Waals surface area contributed by atoms with Crippen LogP contribution in [0.5, 0.6) is 0 Å². The third kappa shape index (κ3) is 4.22. The maximum Gasteiger partial charge on any atom is 0.323 e. The van der Waals surface area contributed by atoms with E-state index in [-0.39, 0.29) is 0 Å². The number of nitrogens with two attached hydrogens (primary N) is 1. The predicted octanol–water partition coefficient (Wildman–Crippen LogP) is 0.942. The molecule has 0 heterocycles. The molecule has 5 heteroatoms. The molecule has 0 aliphatic carbocycles. The van der Waals surface area contributed by atoms with E-state index >= 15 is 0 Å². The number of aliphatic hydroxyl groups excluding tert-OH is 1. The van der Waals surface area contributed by atoms with Crippen LogP contribution in [0.2, 0.25) is 0 Å². The average Bonchev–Trinajstić information content (AvgIpc) is 2.29. The molecule has 1 aromatic rings. The second kappa shape index (κ2) is 6.52. The highest BCUT2D eigenvalue weighted by atomic mass is 32.2. The van der Waals surface area contributed by atoms with Gasteiger partial charge in [-0.3, -0.25) is 4.79 Å². The van der Waals surface area contributed by atoms with Crippen molar-refractivity contribution < 1.29 is 15.0 Å². The van der Waals surface area contributed by atoms with Crippen LogP contribution in [0.25, 0.3) is 0 Å². The molecule has 4 nitrogen and oxygen atoms in total. The van der Waals surface area contributed by atoms with Gasteiger partial charge in [0.05, 0.1) is 6.10 Å². The molecule has 4 N–H and O–H groups in total. The van der Waals surface area contributed by atoms with Crippen molar-refractivity contribution in [3.8, 4) is 0 Å². The van der Waals surface area contributed by atoms with Crippen LogP contribution in [0.1, 0.15) is 6.42 Å². The normalized spacial score (nSPS) is 14.4. The van der Waals surface area contributed by atoms with Gasteiger partial charge in [-0.2, -0.15) is 0 Å². The molecular formula is C11H15NO3S. The van der Waals surface area contributed by atoms with Crippen molar-refractivity contribution in [3.63, 3.8) is 0 Å². The minimum absolute atomic E-state index is 0.368. The Morgan fingerprint density at radius 2 is 2.00 bits per heavy atom. The molecule has 0 amide bonds. The fraction of sp³-hybridized carbons (Fsp3) is 0.364. The van der Waals surface area contributed by atoms with Crippen molar-refractivity contribution in [1.29, 1.82) is 0 Å². The van der Waals surface area contributed by atoms with Crippen LogP contribution < -0.4 is 5.73 Å². The van der Waals surface area contributed by atoms with E-state index in [4.69, 9.17) is 10.8 Å². The number of aliphatic hydroxyl groups is 1. The van der Waals surface area contributed by atoms with E-state index in [1.54, 1.807) is 11.8 Å². The predicted molar refractivity (Wildman–Crippen MR) is 63.4 cm³/mol. The lowest BCUT2D eigenvalue weighted by Crippen LogP contribution is -2.42. The molecule has 0 saturated heterocycles. The number of carboxylic acids is 1. The van der Waals surface area contributed by atoms with Crippen LogP contribution >= 0.6 is 11.8 Å². The number of carbonyl (C=O) groups is 1. The van der Waals surface area contributed by atoms with Gasteiger partial charge in [0, 0.05) is 10.6 Å². The van der Waals surface area contributed by atoms with Crippen LogP contribution in [-0.2, 0) is 4.79 Å². The lowest BCUT2D eigenvalue weighted by atomic mass is 10.1. The number of thioether (sulfide) groups is 1. The average molecular weight is 241 g/mol. The van der Waals surface area contributed by atoms with Gasteiger partial charge in [0.1, 0.15) is 6.04 Å². The van der Waals surface area contributed by atoms with Crippen molar-refractivity contribution in [3.05, 3.63) is 30.3 Å². The third-order valence-electron chi connectivity index (χ3n) is 2.13. The zero-order valence-electron chi connectivity index (χ0n) is 8.74. The summed E-state index contributed by atoms with van der Waals surface area (Å²) >= 11 is 1.57. The topological polar surface area (TPSA) is 83.6 Å². The molecule has 0 radical (unpaired) electrons. The van der Waals surface area contributed by atoms with Crippen LogP contribution in [-0.4, -0.2) is 34.1 Å². The molecule has 0 aliphatic rings. The molecule has 1 unspecified atom stereocenters. The van der Waals surface area contributed by atoms with Crippen LogP contribution in [0.3, 0.4) is 0 Å². The van der Waals surface area contributed by atoms with E-state index in [0.29, 0.717) is 12.2 Å². The lowest BCUT2D eigenvalue weighted by Gasteiger charge is -2.14. The van der Waals surface area contributed by atoms with Crippen molar-refractivity contribution in [2.75, 3.05) is 5.75 Å². The van der Waals surface area contributed by atoms with Crippen LogP contribution in [0.4, 0.5) is 0 Å². The Morgan fingerprint density at radius 3 is 2.56 bits per heavy atom. The SMILES string of the molecule is N[C@H](C(=O)O)C(O)CCSc1ccccc1. The summed E-state index contributed by atoms with van der Waals surface area (Å²) in [4.78, 5) is 11.6. The second-order valence-electron chi connectivity index (χ2n) is 3.38. The molecule has 0 aromatic heterocycles. The van der Waals surface area contributed by atoms with E-state index in [2.05, 4.69) is 0 Å². The Bertz CT molecular complexity index is 331. The zero-order chi connectivity index (χ0) is 12.0. The van der Waals surface area contributed by atoms with Gasteiger partial charge in [0.25, 0.3) is 0 Å². The van der Waals surface area contributed by atoms with Gasteiger partial charge < -0.3 is 15.9 Å². The van der Waals surface area contributed by atoms with E-state index in [0.717, 1.165) is 4.90 Å². The largest absolute Gasteiger partial charge is 0.480 e. The first-order valence-electron chi connectivity index (χ1n) is 4.95. The highest BCUT2D eigenvalue weighted by Gasteiger charge is 2.21. The summed E-state index contributed by atoms with van der Waals surface area (Å²) < 4.78 is 0. The molecule has 0 spiro atoms. The summed E-state index contributed by atoms with van der Waals surface area (Å²) in [7, 11) is 0. The van der Waals surface area contributed by atoms with E-state index < -0.39 is 18.1 Å². The van der Waals surface area contributed by atoms with E-state index in [1.165, 1.54) is 0 Å². The molecular weight excluding hydrogens is 226 g/mol. The number of benzene rings is 1. The Kier molecular flexibility index (Phi) is 5.31. The smallest absolute Gasteiger partial charge is 0.323 e. The van der Waals surface area contributed by atoms with Gasteiger partial charge in [0.2, 0.25) is 0 Å². The first-order chi connectivity index (χ1) is 7.61. The molecule has 1 aromatic carbocycles. The summed E-state index contributed by atoms with van der Waals surface area (Å²) in [5.74, 6) is -0.524. The Hall–Kier alpha value is -1.04. The first-order valence-corrected chi connectivity index (χ1v) is 5.94. The number of hydrogen-bond donors (Lipinski definition) is 3. The molecule has 0 fully saturated rings. The molecule has 88 valence electrons. The summed E-state index contributed by atoms with van der Waals surface area (Å²) in [5.41, 5.74) is 5.28.